The molecule has 0 radical (unpaired) electrons. The molecule has 0 aliphatic carbocycles. The van der Waals surface area contributed by atoms with Gasteiger partial charge in [-0.15, -0.1) is 11.8 Å². The molecule has 5 heteroatoms. The Kier molecular flexibility index (Phi) is 2.60. The summed E-state index contributed by atoms with van der Waals surface area (Å²) in [6, 6.07) is 5.51. The second kappa shape index (κ2) is 3.74. The van der Waals surface area contributed by atoms with Crippen LogP contribution in [0.1, 0.15) is 0 Å². The van der Waals surface area contributed by atoms with Crippen LogP contribution in [0.15, 0.2) is 28.0 Å². The van der Waals surface area contributed by atoms with Gasteiger partial charge in [0.05, 0.1) is 11.4 Å². The SMILES string of the molecule is CS(=O)c1ccc2c(c1)NC(=O)CS2. The highest BCUT2D eigenvalue weighted by Crippen LogP contribution is 2.32. The van der Waals surface area contributed by atoms with Crippen molar-refractivity contribution < 1.29 is 9.00 Å². The number of anilines is 1. The van der Waals surface area contributed by atoms with Gasteiger partial charge in [-0.3, -0.25) is 9.00 Å². The highest BCUT2D eigenvalue weighted by atomic mass is 32.2. The van der Waals surface area contributed by atoms with Gasteiger partial charge in [0.1, 0.15) is 0 Å². The van der Waals surface area contributed by atoms with Gasteiger partial charge < -0.3 is 5.32 Å². The molecule has 1 heterocycles. The maximum absolute atomic E-state index is 11.2. The van der Waals surface area contributed by atoms with Gasteiger partial charge in [-0.1, -0.05) is 0 Å². The number of amides is 1. The van der Waals surface area contributed by atoms with Gasteiger partial charge >= 0.3 is 0 Å². The van der Waals surface area contributed by atoms with Crippen molar-refractivity contribution in [1.82, 2.24) is 0 Å². The quantitative estimate of drug-likeness (QED) is 0.790. The summed E-state index contributed by atoms with van der Waals surface area (Å²) in [6.07, 6.45) is 1.62. The lowest BCUT2D eigenvalue weighted by Gasteiger charge is -2.16. The van der Waals surface area contributed by atoms with Crippen molar-refractivity contribution in [3.8, 4) is 0 Å². The summed E-state index contributed by atoms with van der Waals surface area (Å²) < 4.78 is 11.2. The first-order valence-corrected chi connectivity index (χ1v) is 6.61. The number of hydrogen-bond acceptors (Lipinski definition) is 3. The van der Waals surface area contributed by atoms with Crippen molar-refractivity contribution >= 4 is 34.2 Å². The number of rotatable bonds is 1. The molecule has 1 aromatic carbocycles. The van der Waals surface area contributed by atoms with E-state index in [1.165, 1.54) is 11.8 Å². The van der Waals surface area contributed by atoms with Crippen molar-refractivity contribution in [2.45, 2.75) is 9.79 Å². The molecule has 1 N–H and O–H groups in total. The molecule has 0 saturated heterocycles. The topological polar surface area (TPSA) is 46.2 Å². The van der Waals surface area contributed by atoms with E-state index in [4.69, 9.17) is 0 Å². The van der Waals surface area contributed by atoms with E-state index in [0.717, 1.165) is 15.5 Å². The third kappa shape index (κ3) is 1.83. The summed E-state index contributed by atoms with van der Waals surface area (Å²) in [5.74, 6) is 0.461. The summed E-state index contributed by atoms with van der Waals surface area (Å²) in [5, 5.41) is 2.76. The molecule has 1 aromatic rings. The zero-order chi connectivity index (χ0) is 10.1. The first kappa shape index (κ1) is 9.73. The highest BCUT2D eigenvalue weighted by molar-refractivity contribution is 8.00. The fourth-order valence-corrected chi connectivity index (χ4v) is 2.57. The molecular weight excluding hydrogens is 218 g/mol. The van der Waals surface area contributed by atoms with Gasteiger partial charge in [-0.25, -0.2) is 0 Å². The van der Waals surface area contributed by atoms with Crippen molar-refractivity contribution in [3.05, 3.63) is 18.2 Å². The molecular formula is C9H9NO2S2. The molecule has 2 rings (SSSR count). The molecule has 1 aliphatic rings. The van der Waals surface area contributed by atoms with E-state index in [0.29, 0.717) is 5.75 Å². The Bertz CT molecular complexity index is 417. The Labute approximate surface area is 88.7 Å². The number of carbonyl (C=O) groups excluding carboxylic acids is 1. The summed E-state index contributed by atoms with van der Waals surface area (Å²) in [4.78, 5) is 12.9. The molecule has 1 unspecified atom stereocenters. The lowest BCUT2D eigenvalue weighted by Crippen LogP contribution is -2.18. The predicted octanol–water partition coefficient (Wildman–Crippen LogP) is 1.47. The zero-order valence-electron chi connectivity index (χ0n) is 7.57. The molecule has 1 aliphatic heterocycles. The molecule has 3 nitrogen and oxygen atoms in total. The fourth-order valence-electron chi connectivity index (χ4n) is 1.24. The number of carbonyl (C=O) groups is 1. The van der Waals surface area contributed by atoms with Crippen molar-refractivity contribution in [1.29, 1.82) is 0 Å². The van der Waals surface area contributed by atoms with Crippen LogP contribution in [0.25, 0.3) is 0 Å². The zero-order valence-corrected chi connectivity index (χ0v) is 9.21. The Morgan fingerprint density at radius 1 is 1.50 bits per heavy atom. The van der Waals surface area contributed by atoms with Crippen LogP contribution < -0.4 is 5.32 Å². The summed E-state index contributed by atoms with van der Waals surface area (Å²) in [6.45, 7) is 0. The monoisotopic (exact) mass is 227 g/mol. The van der Waals surface area contributed by atoms with Crippen LogP contribution in [0.4, 0.5) is 5.69 Å². The van der Waals surface area contributed by atoms with Crippen molar-refractivity contribution in [3.63, 3.8) is 0 Å². The van der Waals surface area contributed by atoms with E-state index in [1.807, 2.05) is 12.1 Å². The standard InChI is InChI=1S/C9H9NO2S2/c1-14(12)6-2-3-8-7(4-6)10-9(11)5-13-8/h2-4H,5H2,1H3,(H,10,11). The van der Waals surface area contributed by atoms with Gasteiger partial charge in [-0.2, -0.15) is 0 Å². The van der Waals surface area contributed by atoms with Crippen molar-refractivity contribution in [2.24, 2.45) is 0 Å². The average Bonchev–Trinajstić information content (AvgIpc) is 2.16. The summed E-state index contributed by atoms with van der Waals surface area (Å²) in [7, 11) is -0.999. The second-order valence-corrected chi connectivity index (χ2v) is 5.35. The number of nitrogens with one attached hydrogen (secondary N) is 1. The van der Waals surface area contributed by atoms with Crippen molar-refractivity contribution in [2.75, 3.05) is 17.3 Å². The van der Waals surface area contributed by atoms with Crippen LogP contribution in [-0.2, 0) is 15.6 Å². The van der Waals surface area contributed by atoms with E-state index >= 15 is 0 Å². The van der Waals surface area contributed by atoms with E-state index in [9.17, 15) is 9.00 Å². The van der Waals surface area contributed by atoms with Gasteiger partial charge in [0.2, 0.25) is 5.91 Å². The van der Waals surface area contributed by atoms with Crippen LogP contribution in [0.2, 0.25) is 0 Å². The van der Waals surface area contributed by atoms with Crippen LogP contribution in [0.5, 0.6) is 0 Å². The Morgan fingerprint density at radius 2 is 2.29 bits per heavy atom. The molecule has 14 heavy (non-hydrogen) atoms. The fraction of sp³-hybridized carbons (Fsp3) is 0.222. The smallest absolute Gasteiger partial charge is 0.234 e. The van der Waals surface area contributed by atoms with Crippen LogP contribution in [0.3, 0.4) is 0 Å². The van der Waals surface area contributed by atoms with Crippen LogP contribution >= 0.6 is 11.8 Å². The van der Waals surface area contributed by atoms with Crippen LogP contribution in [-0.4, -0.2) is 22.1 Å². The minimum Gasteiger partial charge on any atom is -0.324 e. The van der Waals surface area contributed by atoms with Gasteiger partial charge in [0, 0.05) is 26.8 Å². The second-order valence-electron chi connectivity index (χ2n) is 2.95. The Balaban J connectivity index is 2.42. The first-order valence-electron chi connectivity index (χ1n) is 4.07. The van der Waals surface area contributed by atoms with Crippen LogP contribution in [0, 0.1) is 0 Å². The largest absolute Gasteiger partial charge is 0.324 e. The first-order chi connectivity index (χ1) is 6.66. The minimum absolute atomic E-state index is 0.00142. The highest BCUT2D eigenvalue weighted by Gasteiger charge is 2.15. The van der Waals surface area contributed by atoms with E-state index < -0.39 is 10.8 Å². The van der Waals surface area contributed by atoms with Gasteiger partial charge in [0.15, 0.2) is 0 Å². The molecule has 74 valence electrons. The van der Waals surface area contributed by atoms with E-state index in [-0.39, 0.29) is 5.91 Å². The Hall–Kier alpha value is -0.810. The normalized spacial score (nSPS) is 17.1. The third-order valence-corrected chi connectivity index (χ3v) is 3.91. The van der Waals surface area contributed by atoms with Gasteiger partial charge in [-0.05, 0) is 18.2 Å². The molecule has 1 amide bonds. The predicted molar refractivity (Wildman–Crippen MR) is 58.1 cm³/mol. The lowest BCUT2D eigenvalue weighted by atomic mass is 10.3. The maximum Gasteiger partial charge on any atom is 0.234 e. The molecule has 0 aromatic heterocycles. The lowest BCUT2D eigenvalue weighted by molar-refractivity contribution is -0.113. The summed E-state index contributed by atoms with van der Waals surface area (Å²) in [5.41, 5.74) is 0.777. The minimum atomic E-state index is -0.999. The van der Waals surface area contributed by atoms with E-state index in [2.05, 4.69) is 5.32 Å². The number of benzene rings is 1. The third-order valence-electron chi connectivity index (χ3n) is 1.92. The molecule has 0 bridgehead atoms. The molecule has 0 spiro atoms. The Morgan fingerprint density at radius 3 is 3.00 bits per heavy atom. The van der Waals surface area contributed by atoms with E-state index in [1.54, 1.807) is 12.3 Å². The molecule has 0 fully saturated rings. The number of hydrogen-bond donors (Lipinski definition) is 1. The van der Waals surface area contributed by atoms with Gasteiger partial charge in [0.25, 0.3) is 0 Å². The number of fused-ring (bicyclic) bond motifs is 1. The average molecular weight is 227 g/mol. The molecule has 1 atom stereocenters. The number of thioether (sulfide) groups is 1. The maximum atomic E-state index is 11.2. The summed E-state index contributed by atoms with van der Waals surface area (Å²) >= 11 is 1.51. The molecule has 0 saturated carbocycles.